The number of hydrogen-bond donors (Lipinski definition) is 1. The average Bonchev–Trinajstić information content (AvgIpc) is 2.54. The average molecular weight is 458 g/mol. The van der Waals surface area contributed by atoms with E-state index in [0.717, 1.165) is 7.88 Å². The molecule has 0 saturated heterocycles. The van der Waals surface area contributed by atoms with Crippen molar-refractivity contribution in [1.82, 2.24) is 5.32 Å². The van der Waals surface area contributed by atoms with Gasteiger partial charge in [0.05, 0.1) is 10.6 Å². The predicted molar refractivity (Wildman–Crippen MR) is 103 cm³/mol. The maximum Gasteiger partial charge on any atom is 0.264 e. The Morgan fingerprint density at radius 2 is 1.67 bits per heavy atom. The number of hydrogen-bond acceptors (Lipinski definition) is 3. The van der Waals surface area contributed by atoms with Gasteiger partial charge in [0, 0.05) is 9.61 Å². The molecule has 0 fully saturated rings. The fourth-order valence-corrected chi connectivity index (χ4v) is 3.94. The third-order valence-electron chi connectivity index (χ3n) is 3.18. The first-order valence-electron chi connectivity index (χ1n) is 7.43. The summed E-state index contributed by atoms with van der Waals surface area (Å²) < 4.78 is 28.1. The second kappa shape index (κ2) is 7.98. The van der Waals surface area contributed by atoms with Gasteiger partial charge in [-0.1, -0.05) is 18.2 Å². The van der Waals surface area contributed by atoms with Crippen LogP contribution in [0.3, 0.4) is 0 Å². The summed E-state index contributed by atoms with van der Waals surface area (Å²) in [5.74, 6) is -0.344. The largest absolute Gasteiger partial charge is 0.352 e. The normalized spacial score (nSPS) is 11.3. The van der Waals surface area contributed by atoms with Gasteiger partial charge in [-0.05, 0) is 72.8 Å². The summed E-state index contributed by atoms with van der Waals surface area (Å²) in [5.41, 5.74) is 0.457. The number of halogens is 1. The molecule has 0 radical (unpaired) electrons. The number of nitrogens with one attached hydrogen (secondary N) is 1. The van der Waals surface area contributed by atoms with Gasteiger partial charge in [-0.15, -0.1) is 0 Å². The van der Waals surface area contributed by atoms with Crippen molar-refractivity contribution in [2.75, 3.05) is 10.8 Å². The molecule has 1 N–H and O–H groups in total. The zero-order valence-corrected chi connectivity index (χ0v) is 16.4. The van der Waals surface area contributed by atoms with E-state index in [1.165, 1.54) is 12.1 Å². The van der Waals surface area contributed by atoms with Crippen LogP contribution in [0.1, 0.15) is 13.8 Å². The van der Waals surface area contributed by atoms with Gasteiger partial charge in [0.25, 0.3) is 10.0 Å². The van der Waals surface area contributed by atoms with Crippen molar-refractivity contribution in [3.05, 3.63) is 58.2 Å². The smallest absolute Gasteiger partial charge is 0.264 e. The fourth-order valence-electron chi connectivity index (χ4n) is 2.14. The minimum Gasteiger partial charge on any atom is -0.352 e. The topological polar surface area (TPSA) is 66.5 Å². The van der Waals surface area contributed by atoms with Crippen molar-refractivity contribution in [2.45, 2.75) is 24.8 Å². The van der Waals surface area contributed by atoms with Gasteiger partial charge < -0.3 is 5.32 Å². The fraction of sp³-hybridized carbons (Fsp3) is 0.235. The van der Waals surface area contributed by atoms with Crippen LogP contribution >= 0.6 is 22.6 Å². The minimum absolute atomic E-state index is 0.0597. The summed E-state index contributed by atoms with van der Waals surface area (Å²) in [6, 6.07) is 15.1. The summed E-state index contributed by atoms with van der Waals surface area (Å²) in [4.78, 5) is 12.3. The standard InChI is InChI=1S/C17H19IN2O3S/c1-13(2)19-17(21)12-20(15-10-8-14(18)9-11-15)24(22,23)16-6-4-3-5-7-16/h3-11,13H,12H2,1-2H3,(H,19,21). The summed E-state index contributed by atoms with van der Waals surface area (Å²) >= 11 is 2.15. The Morgan fingerprint density at radius 3 is 2.21 bits per heavy atom. The van der Waals surface area contributed by atoms with Gasteiger partial charge in [-0.25, -0.2) is 8.42 Å². The molecule has 0 heterocycles. The van der Waals surface area contributed by atoms with E-state index in [9.17, 15) is 13.2 Å². The van der Waals surface area contributed by atoms with Crippen LogP contribution in [0, 0.1) is 3.57 Å². The zero-order chi connectivity index (χ0) is 17.7. The highest BCUT2D eigenvalue weighted by atomic mass is 127. The molecule has 7 heteroatoms. The van der Waals surface area contributed by atoms with Crippen molar-refractivity contribution in [3.8, 4) is 0 Å². The van der Waals surface area contributed by atoms with Crippen LogP contribution in [0.4, 0.5) is 5.69 Å². The van der Waals surface area contributed by atoms with Crippen LogP contribution < -0.4 is 9.62 Å². The van der Waals surface area contributed by atoms with Gasteiger partial charge in [0.2, 0.25) is 5.91 Å². The van der Waals surface area contributed by atoms with E-state index >= 15 is 0 Å². The van der Waals surface area contributed by atoms with Gasteiger partial charge in [0.1, 0.15) is 6.54 Å². The molecule has 2 rings (SSSR count). The first-order valence-corrected chi connectivity index (χ1v) is 9.95. The second-order valence-corrected chi connectivity index (χ2v) is 8.63. The van der Waals surface area contributed by atoms with E-state index < -0.39 is 10.0 Å². The molecule has 2 aromatic rings. The third-order valence-corrected chi connectivity index (χ3v) is 5.69. The number of rotatable bonds is 6. The molecular weight excluding hydrogens is 439 g/mol. The molecule has 0 spiro atoms. The van der Waals surface area contributed by atoms with E-state index in [1.807, 2.05) is 26.0 Å². The van der Waals surface area contributed by atoms with Crippen molar-refractivity contribution < 1.29 is 13.2 Å². The van der Waals surface area contributed by atoms with Crippen LogP contribution in [0.5, 0.6) is 0 Å². The van der Waals surface area contributed by atoms with Crippen LogP contribution in [0.25, 0.3) is 0 Å². The van der Waals surface area contributed by atoms with Gasteiger partial charge in [-0.3, -0.25) is 9.10 Å². The van der Waals surface area contributed by atoms with Gasteiger partial charge >= 0.3 is 0 Å². The van der Waals surface area contributed by atoms with Gasteiger partial charge in [-0.2, -0.15) is 0 Å². The number of carbonyl (C=O) groups excluding carboxylic acids is 1. The van der Waals surface area contributed by atoms with Crippen molar-refractivity contribution >= 4 is 44.2 Å². The number of benzene rings is 2. The first-order chi connectivity index (χ1) is 11.3. The van der Waals surface area contributed by atoms with Crippen molar-refractivity contribution in [2.24, 2.45) is 0 Å². The highest BCUT2D eigenvalue weighted by Crippen LogP contribution is 2.24. The molecule has 0 aliphatic rings. The molecule has 2 aromatic carbocycles. The Labute approximate surface area is 156 Å². The molecule has 0 aliphatic heterocycles. The SMILES string of the molecule is CC(C)NC(=O)CN(c1ccc(I)cc1)S(=O)(=O)c1ccccc1. The lowest BCUT2D eigenvalue weighted by Gasteiger charge is -2.24. The maximum atomic E-state index is 13.0. The van der Waals surface area contributed by atoms with E-state index in [0.29, 0.717) is 5.69 Å². The quantitative estimate of drug-likeness (QED) is 0.677. The summed E-state index contributed by atoms with van der Waals surface area (Å²) in [7, 11) is -3.83. The molecule has 0 atom stereocenters. The lowest BCUT2D eigenvalue weighted by Crippen LogP contribution is -2.42. The predicted octanol–water partition coefficient (Wildman–Crippen LogP) is 3.01. The van der Waals surface area contributed by atoms with E-state index in [2.05, 4.69) is 27.9 Å². The number of amides is 1. The zero-order valence-electron chi connectivity index (χ0n) is 13.4. The number of sulfonamides is 1. The Morgan fingerprint density at radius 1 is 1.08 bits per heavy atom. The molecule has 0 bridgehead atoms. The van der Waals surface area contributed by atoms with Gasteiger partial charge in [0.15, 0.2) is 0 Å². The van der Waals surface area contributed by atoms with E-state index in [4.69, 9.17) is 0 Å². The first kappa shape index (κ1) is 18.7. The second-order valence-electron chi connectivity index (χ2n) is 5.52. The van der Waals surface area contributed by atoms with Crippen LogP contribution in [-0.4, -0.2) is 26.9 Å². The molecule has 1 amide bonds. The molecule has 24 heavy (non-hydrogen) atoms. The summed E-state index contributed by atoms with van der Waals surface area (Å²) in [6.07, 6.45) is 0. The molecule has 0 aliphatic carbocycles. The molecule has 0 unspecified atom stereocenters. The van der Waals surface area contributed by atoms with Crippen LogP contribution in [-0.2, 0) is 14.8 Å². The van der Waals surface area contributed by atoms with Crippen LogP contribution in [0.2, 0.25) is 0 Å². The number of nitrogens with zero attached hydrogens (tertiary/aromatic N) is 1. The third kappa shape index (κ3) is 4.70. The number of carbonyl (C=O) groups is 1. The maximum absolute atomic E-state index is 13.0. The Bertz CT molecular complexity index is 790. The van der Waals surface area contributed by atoms with E-state index in [1.54, 1.807) is 30.3 Å². The summed E-state index contributed by atoms with van der Waals surface area (Å²) in [6.45, 7) is 3.40. The highest BCUT2D eigenvalue weighted by molar-refractivity contribution is 14.1. The van der Waals surface area contributed by atoms with Crippen molar-refractivity contribution in [1.29, 1.82) is 0 Å². The lowest BCUT2D eigenvalue weighted by atomic mass is 10.3. The molecule has 0 saturated carbocycles. The summed E-state index contributed by atoms with van der Waals surface area (Å²) in [5, 5.41) is 2.73. The molecule has 5 nitrogen and oxygen atoms in total. The molecule has 128 valence electrons. The Hall–Kier alpha value is -1.61. The molecular formula is C17H19IN2O3S. The molecule has 0 aromatic heterocycles. The highest BCUT2D eigenvalue weighted by Gasteiger charge is 2.27. The van der Waals surface area contributed by atoms with E-state index in [-0.39, 0.29) is 23.4 Å². The number of anilines is 1. The minimum atomic E-state index is -3.83. The van der Waals surface area contributed by atoms with Crippen LogP contribution in [0.15, 0.2) is 59.5 Å². The lowest BCUT2D eigenvalue weighted by molar-refractivity contribution is -0.120. The Kier molecular flexibility index (Phi) is 6.22. The Balaban J connectivity index is 2.42. The monoisotopic (exact) mass is 458 g/mol. The van der Waals surface area contributed by atoms with Crippen molar-refractivity contribution in [3.63, 3.8) is 0 Å².